The first-order chi connectivity index (χ1) is 32.8. The van der Waals surface area contributed by atoms with Gasteiger partial charge in [0.15, 0.2) is 23.3 Å². The van der Waals surface area contributed by atoms with Gasteiger partial charge in [0.25, 0.3) is 0 Å². The molecule has 8 aromatic rings. The maximum atomic E-state index is 7.60. The standard InChI is InChI=1S/4C15H18N/c2*1-11-7-5-9-14(13(11)3)15-10-6-8-12(2)16(15)4;1-11-7-5-8-12(2)14(11)15-13(3)9-6-10-16(15)4;1-11-8-9-14(12(2)10-11)15-7-5-6-13(3)16(15)4/h4*5-10H,1-4H3/q4*+1/i1D3,2D3;;;. The van der Waals surface area contributed by atoms with Gasteiger partial charge < -0.3 is 0 Å². The first-order valence-electron chi connectivity index (χ1n) is 25.0. The van der Waals surface area contributed by atoms with Crippen LogP contribution in [0.2, 0.25) is 0 Å². The van der Waals surface area contributed by atoms with Crippen LogP contribution in [0.5, 0.6) is 0 Å². The van der Waals surface area contributed by atoms with E-state index in [1.54, 1.807) is 48.9 Å². The highest BCUT2D eigenvalue weighted by Gasteiger charge is 2.18. The smallest absolute Gasteiger partial charge is 0.201 e. The molecule has 4 nitrogen and oxygen atoms in total. The molecule has 4 heteroatoms. The van der Waals surface area contributed by atoms with E-state index in [-0.39, 0.29) is 11.3 Å². The van der Waals surface area contributed by atoms with Crippen molar-refractivity contribution in [3.8, 4) is 45.0 Å². The van der Waals surface area contributed by atoms with E-state index in [0.29, 0.717) is 11.3 Å². The molecule has 0 radical (unpaired) electrons. The molecule has 0 aliphatic carbocycles. The van der Waals surface area contributed by atoms with Crippen LogP contribution in [-0.2, 0) is 28.2 Å². The summed E-state index contributed by atoms with van der Waals surface area (Å²) in [6.45, 7) is 16.8. The molecule has 328 valence electrons. The van der Waals surface area contributed by atoms with E-state index in [2.05, 4.69) is 206 Å². The van der Waals surface area contributed by atoms with Crippen LogP contribution in [0.15, 0.2) is 146 Å². The zero-order valence-corrected chi connectivity index (χ0v) is 40.6. The second kappa shape index (κ2) is 21.7. The number of nitrogens with zero attached hydrogens (tertiary/aromatic N) is 4. The quantitative estimate of drug-likeness (QED) is 0.157. The predicted octanol–water partition coefficient (Wildman–Crippen LogP) is 12.4. The topological polar surface area (TPSA) is 15.5 Å². The minimum absolute atomic E-state index is 0.212. The van der Waals surface area contributed by atoms with E-state index in [1.165, 1.54) is 84.1 Å². The van der Waals surface area contributed by atoms with Crippen molar-refractivity contribution in [1.82, 2.24) is 0 Å². The lowest BCUT2D eigenvalue weighted by molar-refractivity contribution is -0.666. The number of hydrogen-bond acceptors (Lipinski definition) is 0. The van der Waals surface area contributed by atoms with Gasteiger partial charge in [-0.05, 0) is 144 Å². The Morgan fingerprint density at radius 3 is 1.31 bits per heavy atom. The van der Waals surface area contributed by atoms with Gasteiger partial charge >= 0.3 is 0 Å². The summed E-state index contributed by atoms with van der Waals surface area (Å²) in [7, 11) is 8.02. The molecule has 4 aromatic heterocycles. The first-order valence-corrected chi connectivity index (χ1v) is 22.0. The van der Waals surface area contributed by atoms with Crippen LogP contribution in [0.3, 0.4) is 0 Å². The lowest BCUT2D eigenvalue weighted by Gasteiger charge is -2.09. The molecule has 0 spiro atoms. The Balaban J connectivity index is 0.000000176. The van der Waals surface area contributed by atoms with Crippen molar-refractivity contribution in [2.75, 3.05) is 0 Å². The molecule has 0 aliphatic rings. The fraction of sp³-hybridized carbons (Fsp3) is 0.267. The molecule has 0 fully saturated rings. The average molecular weight is 855 g/mol. The Kier molecular flexibility index (Phi) is 13.7. The van der Waals surface area contributed by atoms with Crippen LogP contribution >= 0.6 is 0 Å². The molecular weight excluding hydrogens is 777 g/mol. The highest BCUT2D eigenvalue weighted by atomic mass is 15.0. The molecule has 4 aromatic carbocycles. The lowest BCUT2D eigenvalue weighted by atomic mass is 9.97. The summed E-state index contributed by atoms with van der Waals surface area (Å²) in [6.07, 6.45) is 2.11. The van der Waals surface area contributed by atoms with E-state index in [0.717, 1.165) is 5.56 Å². The third-order valence-corrected chi connectivity index (χ3v) is 12.4. The van der Waals surface area contributed by atoms with Gasteiger partial charge in [0, 0.05) is 93.6 Å². The van der Waals surface area contributed by atoms with Gasteiger partial charge in [0.1, 0.15) is 28.2 Å². The molecule has 0 bridgehead atoms. The molecule has 0 saturated heterocycles. The van der Waals surface area contributed by atoms with Gasteiger partial charge in [-0.15, -0.1) is 0 Å². The van der Waals surface area contributed by atoms with Crippen LogP contribution in [0.4, 0.5) is 0 Å². The van der Waals surface area contributed by atoms with E-state index in [4.69, 9.17) is 8.22 Å². The van der Waals surface area contributed by atoms with Gasteiger partial charge in [-0.25, -0.2) is 4.57 Å². The van der Waals surface area contributed by atoms with E-state index >= 15 is 0 Å². The number of aromatic nitrogens is 4. The molecule has 4 heterocycles. The summed E-state index contributed by atoms with van der Waals surface area (Å²) < 4.78 is 53.9. The van der Waals surface area contributed by atoms with Crippen LogP contribution in [0.25, 0.3) is 45.0 Å². The largest absolute Gasteiger partial charge is 0.215 e. The van der Waals surface area contributed by atoms with Crippen molar-refractivity contribution >= 4 is 0 Å². The monoisotopic (exact) mass is 855 g/mol. The van der Waals surface area contributed by atoms with Crippen molar-refractivity contribution in [3.63, 3.8) is 0 Å². The summed E-state index contributed by atoms with van der Waals surface area (Å²) >= 11 is 0. The Morgan fingerprint density at radius 2 is 0.797 bits per heavy atom. The molecule has 8 rings (SSSR count). The van der Waals surface area contributed by atoms with Gasteiger partial charge in [-0.1, -0.05) is 60.2 Å². The minimum Gasteiger partial charge on any atom is -0.201 e. The van der Waals surface area contributed by atoms with Gasteiger partial charge in [0.05, 0.1) is 5.56 Å². The second-order valence-corrected chi connectivity index (χ2v) is 17.0. The van der Waals surface area contributed by atoms with Crippen molar-refractivity contribution < 1.29 is 26.5 Å². The molecule has 64 heavy (non-hydrogen) atoms. The van der Waals surface area contributed by atoms with Gasteiger partial charge in [-0.2, -0.15) is 13.7 Å². The summed E-state index contributed by atoms with van der Waals surface area (Å²) in [5, 5.41) is 0. The fourth-order valence-corrected chi connectivity index (χ4v) is 8.13. The summed E-state index contributed by atoms with van der Waals surface area (Å²) in [6, 6.07) is 46.8. The number of benzene rings is 4. The van der Waals surface area contributed by atoms with Crippen LogP contribution < -0.4 is 18.3 Å². The van der Waals surface area contributed by atoms with E-state index in [9.17, 15) is 0 Å². The van der Waals surface area contributed by atoms with Crippen LogP contribution in [0.1, 0.15) is 75.4 Å². The zero-order chi connectivity index (χ0) is 51.8. The molecular formula is C60H72N4+4. The third kappa shape index (κ3) is 11.3. The second-order valence-electron chi connectivity index (χ2n) is 17.0. The summed E-state index contributed by atoms with van der Waals surface area (Å²) in [5.74, 6) is 0. The number of aryl methyl sites for hydroxylation is 11. The minimum atomic E-state index is -2.22. The maximum absolute atomic E-state index is 7.60. The van der Waals surface area contributed by atoms with E-state index < -0.39 is 13.7 Å². The molecule has 0 N–H and O–H groups in total. The Hall–Kier alpha value is -6.52. The van der Waals surface area contributed by atoms with Gasteiger partial charge in [-0.3, -0.25) is 0 Å². The zero-order valence-electron chi connectivity index (χ0n) is 46.6. The van der Waals surface area contributed by atoms with Crippen molar-refractivity contribution in [2.45, 2.75) is 82.9 Å². The van der Waals surface area contributed by atoms with Crippen molar-refractivity contribution in [1.29, 1.82) is 0 Å². The maximum Gasteiger partial charge on any atom is 0.215 e. The number of rotatable bonds is 4. The first kappa shape index (κ1) is 40.3. The van der Waals surface area contributed by atoms with Crippen molar-refractivity contribution in [2.24, 2.45) is 28.2 Å². The Morgan fingerprint density at radius 1 is 0.359 bits per heavy atom. The predicted molar refractivity (Wildman–Crippen MR) is 269 cm³/mol. The Bertz CT molecular complexity index is 2930. The molecule has 0 amide bonds. The number of pyridine rings is 4. The number of hydrogen-bond donors (Lipinski definition) is 0. The Labute approximate surface area is 394 Å². The van der Waals surface area contributed by atoms with Crippen molar-refractivity contribution in [3.05, 3.63) is 213 Å². The highest BCUT2D eigenvalue weighted by molar-refractivity contribution is 5.68. The fourth-order valence-electron chi connectivity index (χ4n) is 8.13. The SMILES string of the molecule is Cc1ccc(-c2cccc(C)[n+]2C)c(C)c1.Cc1cccc(-c2cccc(C)[n+]2C)c1C.Cc1cccc(C)c1-c1c(C)ccc[n+]1C.[2H]C([2H])([2H])c1cccc(-c2cccc(C([2H])([2H])[2H])[n+]2C)c1C. The lowest BCUT2D eigenvalue weighted by Crippen LogP contribution is -2.34. The molecule has 0 aliphatic heterocycles. The highest BCUT2D eigenvalue weighted by Crippen LogP contribution is 2.27. The normalized spacial score (nSPS) is 12.3. The molecule has 0 atom stereocenters. The summed E-state index contributed by atoms with van der Waals surface area (Å²) in [5.41, 5.74) is 22.3. The van der Waals surface area contributed by atoms with Crippen LogP contribution in [0, 0.1) is 82.9 Å². The average Bonchev–Trinajstić information content (AvgIpc) is 3.28. The molecule has 0 unspecified atom stereocenters. The third-order valence-electron chi connectivity index (χ3n) is 12.4. The van der Waals surface area contributed by atoms with Crippen LogP contribution in [-0.4, -0.2) is 0 Å². The molecule has 0 saturated carbocycles. The summed E-state index contributed by atoms with van der Waals surface area (Å²) in [4.78, 5) is 0. The van der Waals surface area contributed by atoms with E-state index in [1.807, 2.05) is 6.07 Å². The van der Waals surface area contributed by atoms with Gasteiger partial charge in [0.2, 0.25) is 22.8 Å².